The van der Waals surface area contributed by atoms with Gasteiger partial charge in [0, 0.05) is 5.69 Å². The van der Waals surface area contributed by atoms with Crippen molar-refractivity contribution in [2.24, 2.45) is 0 Å². The van der Waals surface area contributed by atoms with E-state index in [0.717, 1.165) is 6.20 Å². The lowest BCUT2D eigenvalue weighted by Crippen LogP contribution is -2.15. The standard InChI is InChI=1S/C10H10N4O2S/c11-10-9(6-12-7-13-10)17(15,16)14-8-4-2-1-3-5-8/h1-7,14H,(H2,11,12,13). The van der Waals surface area contributed by atoms with Crippen LogP contribution in [0.3, 0.4) is 0 Å². The first-order chi connectivity index (χ1) is 8.09. The largest absolute Gasteiger partial charge is 0.382 e. The summed E-state index contributed by atoms with van der Waals surface area (Å²) in [7, 11) is -3.74. The van der Waals surface area contributed by atoms with E-state index in [2.05, 4.69) is 14.7 Å². The van der Waals surface area contributed by atoms with Gasteiger partial charge in [0.2, 0.25) is 0 Å². The molecule has 7 heteroatoms. The molecule has 3 N–H and O–H groups in total. The predicted molar refractivity (Wildman–Crippen MR) is 63.7 cm³/mol. The number of hydrogen-bond donors (Lipinski definition) is 2. The van der Waals surface area contributed by atoms with E-state index in [-0.39, 0.29) is 10.7 Å². The summed E-state index contributed by atoms with van der Waals surface area (Å²) >= 11 is 0. The fourth-order valence-electron chi connectivity index (χ4n) is 1.25. The van der Waals surface area contributed by atoms with Crippen molar-refractivity contribution in [2.75, 3.05) is 10.5 Å². The fourth-order valence-corrected chi connectivity index (χ4v) is 2.33. The second kappa shape index (κ2) is 4.38. The number of nitrogens with one attached hydrogen (secondary N) is 1. The molecule has 2 aromatic rings. The van der Waals surface area contributed by atoms with E-state index in [0.29, 0.717) is 5.69 Å². The Labute approximate surface area is 98.6 Å². The van der Waals surface area contributed by atoms with Gasteiger partial charge in [-0.15, -0.1) is 0 Å². The first-order valence-corrected chi connectivity index (χ1v) is 6.21. The minimum atomic E-state index is -3.74. The molecule has 2 rings (SSSR count). The molecule has 0 amide bonds. The number of para-hydroxylation sites is 1. The maximum absolute atomic E-state index is 12.0. The molecule has 0 bridgehead atoms. The molecule has 0 radical (unpaired) electrons. The summed E-state index contributed by atoms with van der Waals surface area (Å²) in [6.45, 7) is 0. The van der Waals surface area contributed by atoms with Gasteiger partial charge in [-0.3, -0.25) is 4.72 Å². The molecule has 0 fully saturated rings. The minimum absolute atomic E-state index is 0.0802. The highest BCUT2D eigenvalue weighted by atomic mass is 32.2. The Kier molecular flexibility index (Phi) is 2.92. The highest BCUT2D eigenvalue weighted by Crippen LogP contribution is 2.17. The van der Waals surface area contributed by atoms with Crippen LogP contribution in [0.5, 0.6) is 0 Å². The summed E-state index contributed by atoms with van der Waals surface area (Å²) in [5, 5.41) is 0. The van der Waals surface area contributed by atoms with Gasteiger partial charge in [0.25, 0.3) is 10.0 Å². The Morgan fingerprint density at radius 3 is 2.53 bits per heavy atom. The van der Waals surface area contributed by atoms with Crippen LogP contribution in [0.4, 0.5) is 11.5 Å². The summed E-state index contributed by atoms with van der Waals surface area (Å²) in [4.78, 5) is 7.14. The monoisotopic (exact) mass is 250 g/mol. The first kappa shape index (κ1) is 11.3. The summed E-state index contributed by atoms with van der Waals surface area (Å²) in [6, 6.07) is 8.51. The maximum Gasteiger partial charge on any atom is 0.267 e. The average Bonchev–Trinajstić information content (AvgIpc) is 2.30. The first-order valence-electron chi connectivity index (χ1n) is 4.73. The van der Waals surface area contributed by atoms with Crippen molar-refractivity contribution in [1.29, 1.82) is 0 Å². The lowest BCUT2D eigenvalue weighted by molar-refractivity contribution is 0.601. The van der Waals surface area contributed by atoms with Crippen molar-refractivity contribution >= 4 is 21.5 Å². The van der Waals surface area contributed by atoms with Crippen LogP contribution in [-0.4, -0.2) is 18.4 Å². The van der Waals surface area contributed by atoms with Crippen LogP contribution < -0.4 is 10.5 Å². The Morgan fingerprint density at radius 1 is 1.18 bits per heavy atom. The number of rotatable bonds is 3. The minimum Gasteiger partial charge on any atom is -0.382 e. The van der Waals surface area contributed by atoms with E-state index in [1.54, 1.807) is 30.3 Å². The Bertz CT molecular complexity index is 613. The Balaban J connectivity index is 2.36. The number of nitrogens with two attached hydrogens (primary N) is 1. The quantitative estimate of drug-likeness (QED) is 0.841. The molecule has 17 heavy (non-hydrogen) atoms. The van der Waals surface area contributed by atoms with Crippen LogP contribution in [0.1, 0.15) is 0 Å². The third-order valence-corrected chi connectivity index (χ3v) is 3.42. The molecule has 0 aliphatic rings. The van der Waals surface area contributed by atoms with Gasteiger partial charge in [-0.2, -0.15) is 0 Å². The molecule has 6 nitrogen and oxygen atoms in total. The van der Waals surface area contributed by atoms with Crippen LogP contribution in [0.25, 0.3) is 0 Å². The second-order valence-corrected chi connectivity index (χ2v) is 4.89. The summed E-state index contributed by atoms with van der Waals surface area (Å²) in [5.41, 5.74) is 5.94. The second-order valence-electron chi connectivity index (χ2n) is 3.24. The number of sulfonamides is 1. The SMILES string of the molecule is Nc1ncncc1S(=O)(=O)Nc1ccccc1. The Morgan fingerprint density at radius 2 is 1.88 bits per heavy atom. The van der Waals surface area contributed by atoms with Gasteiger partial charge in [0.05, 0.1) is 6.20 Å². The van der Waals surface area contributed by atoms with E-state index in [1.807, 2.05) is 0 Å². The van der Waals surface area contributed by atoms with Crippen LogP contribution >= 0.6 is 0 Å². The van der Waals surface area contributed by atoms with Gasteiger partial charge in [0.1, 0.15) is 17.0 Å². The molecule has 0 unspecified atom stereocenters. The molecule has 0 saturated carbocycles. The van der Waals surface area contributed by atoms with Gasteiger partial charge in [-0.05, 0) is 12.1 Å². The van der Waals surface area contributed by atoms with E-state index >= 15 is 0 Å². The molecule has 88 valence electrons. The van der Waals surface area contributed by atoms with Crippen molar-refractivity contribution in [1.82, 2.24) is 9.97 Å². The van der Waals surface area contributed by atoms with Crippen LogP contribution in [0.15, 0.2) is 47.8 Å². The van der Waals surface area contributed by atoms with Crippen molar-refractivity contribution in [3.05, 3.63) is 42.9 Å². The van der Waals surface area contributed by atoms with E-state index in [4.69, 9.17) is 5.73 Å². The number of nitrogen functional groups attached to an aromatic ring is 1. The molecule has 0 atom stereocenters. The zero-order valence-corrected chi connectivity index (χ0v) is 9.55. The zero-order chi connectivity index (χ0) is 12.3. The predicted octanol–water partition coefficient (Wildman–Crippen LogP) is 0.860. The fraction of sp³-hybridized carbons (Fsp3) is 0. The number of nitrogens with zero attached hydrogens (tertiary/aromatic N) is 2. The number of benzene rings is 1. The van der Waals surface area contributed by atoms with Gasteiger partial charge < -0.3 is 5.73 Å². The lowest BCUT2D eigenvalue weighted by atomic mass is 10.3. The van der Waals surface area contributed by atoms with E-state index < -0.39 is 10.0 Å². The van der Waals surface area contributed by atoms with Crippen molar-refractivity contribution in [3.8, 4) is 0 Å². The smallest absolute Gasteiger partial charge is 0.267 e. The van der Waals surface area contributed by atoms with Crippen molar-refractivity contribution in [3.63, 3.8) is 0 Å². The summed E-state index contributed by atoms with van der Waals surface area (Å²) in [6.07, 6.45) is 2.35. The highest BCUT2D eigenvalue weighted by molar-refractivity contribution is 7.92. The molecular formula is C10H10N4O2S. The normalized spacial score (nSPS) is 11.1. The van der Waals surface area contributed by atoms with Crippen LogP contribution in [-0.2, 0) is 10.0 Å². The van der Waals surface area contributed by atoms with Crippen molar-refractivity contribution < 1.29 is 8.42 Å². The molecule has 0 spiro atoms. The Hall–Kier alpha value is -2.15. The van der Waals surface area contributed by atoms with E-state index in [9.17, 15) is 8.42 Å². The van der Waals surface area contributed by atoms with Crippen molar-refractivity contribution in [2.45, 2.75) is 4.90 Å². The lowest BCUT2D eigenvalue weighted by Gasteiger charge is -2.08. The number of aromatic nitrogens is 2. The third kappa shape index (κ3) is 2.51. The van der Waals surface area contributed by atoms with E-state index in [1.165, 1.54) is 6.33 Å². The molecule has 0 saturated heterocycles. The van der Waals surface area contributed by atoms with Gasteiger partial charge >= 0.3 is 0 Å². The molecule has 0 aliphatic carbocycles. The maximum atomic E-state index is 12.0. The molecule has 0 aliphatic heterocycles. The van der Waals surface area contributed by atoms with Crippen LogP contribution in [0, 0.1) is 0 Å². The highest BCUT2D eigenvalue weighted by Gasteiger charge is 2.18. The topological polar surface area (TPSA) is 98.0 Å². The van der Waals surface area contributed by atoms with Crippen LogP contribution in [0.2, 0.25) is 0 Å². The van der Waals surface area contributed by atoms with Gasteiger partial charge in [-0.1, -0.05) is 18.2 Å². The molecule has 1 aromatic heterocycles. The number of hydrogen-bond acceptors (Lipinski definition) is 5. The third-order valence-electron chi connectivity index (χ3n) is 2.02. The average molecular weight is 250 g/mol. The molecular weight excluding hydrogens is 240 g/mol. The van der Waals surface area contributed by atoms with Gasteiger partial charge in [0.15, 0.2) is 0 Å². The van der Waals surface area contributed by atoms with Gasteiger partial charge in [-0.25, -0.2) is 18.4 Å². The summed E-state index contributed by atoms with van der Waals surface area (Å²) < 4.78 is 26.3. The summed E-state index contributed by atoms with van der Waals surface area (Å²) in [5.74, 6) is -0.0802. The molecule has 1 aromatic carbocycles. The number of anilines is 2. The molecule has 1 heterocycles. The zero-order valence-electron chi connectivity index (χ0n) is 8.74.